The second-order valence-corrected chi connectivity index (χ2v) is 7.02. The van der Waals surface area contributed by atoms with Crippen molar-refractivity contribution in [2.75, 3.05) is 25.6 Å². The Morgan fingerprint density at radius 2 is 1.97 bits per heavy atom. The van der Waals surface area contributed by atoms with Gasteiger partial charge in [-0.15, -0.1) is 0 Å². The van der Waals surface area contributed by atoms with Crippen LogP contribution in [0.15, 0.2) is 48.2 Å². The summed E-state index contributed by atoms with van der Waals surface area (Å²) in [5, 5.41) is 11.6. The fourth-order valence-electron chi connectivity index (χ4n) is 3.26. The van der Waals surface area contributed by atoms with Crippen molar-refractivity contribution in [1.29, 1.82) is 0 Å². The number of halogens is 2. The van der Waals surface area contributed by atoms with Crippen LogP contribution < -0.4 is 10.1 Å². The highest BCUT2D eigenvalue weighted by atomic mass is 19.1. The van der Waals surface area contributed by atoms with Gasteiger partial charge >= 0.3 is 0 Å². The van der Waals surface area contributed by atoms with Gasteiger partial charge in [0.25, 0.3) is 5.91 Å². The number of aryl methyl sites for hydroxylation is 1. The van der Waals surface area contributed by atoms with Gasteiger partial charge in [0, 0.05) is 42.9 Å². The van der Waals surface area contributed by atoms with Crippen LogP contribution in [0.25, 0.3) is 0 Å². The lowest BCUT2D eigenvalue weighted by atomic mass is 9.85. The van der Waals surface area contributed by atoms with E-state index in [1.807, 2.05) is 0 Å². The summed E-state index contributed by atoms with van der Waals surface area (Å²) in [6, 6.07) is 8.23. The summed E-state index contributed by atoms with van der Waals surface area (Å²) in [6.45, 7) is 1.27. The fraction of sp³-hybridized carbons (Fsp3) is 0.273. The minimum atomic E-state index is -0.606. The molecule has 2 amide bonds. The number of benzene rings is 2. The Balaban J connectivity index is 1.91. The van der Waals surface area contributed by atoms with E-state index in [2.05, 4.69) is 5.32 Å². The number of aliphatic hydroxyl groups excluding tert-OH is 1. The van der Waals surface area contributed by atoms with E-state index in [4.69, 9.17) is 9.84 Å². The number of rotatable bonds is 6. The third-order valence-electron chi connectivity index (χ3n) is 4.89. The van der Waals surface area contributed by atoms with Gasteiger partial charge in [-0.25, -0.2) is 8.78 Å². The number of hydrogen-bond donors (Lipinski definition) is 2. The standard InChI is InChI=1S/C22H22F2N2O4/c1-13-9-18(24)20(30-8-7-27)11-19(13)25-22(29)17-12-26(2)21(28)10-16(17)14-3-5-15(23)6-4-14/h3-6,9,11-12,16,27H,7-8,10H2,1-2H3,(H,25,29)/t16-/m0/s1. The maximum Gasteiger partial charge on any atom is 0.253 e. The molecule has 0 aromatic heterocycles. The van der Waals surface area contributed by atoms with E-state index >= 15 is 0 Å². The van der Waals surface area contributed by atoms with Crippen LogP contribution >= 0.6 is 0 Å². The van der Waals surface area contributed by atoms with E-state index in [9.17, 15) is 18.4 Å². The Bertz CT molecular complexity index is 989. The van der Waals surface area contributed by atoms with E-state index < -0.39 is 23.5 Å². The predicted molar refractivity (Wildman–Crippen MR) is 107 cm³/mol. The quantitative estimate of drug-likeness (QED) is 0.759. The number of hydrogen-bond acceptors (Lipinski definition) is 4. The van der Waals surface area contributed by atoms with Crippen LogP contribution in [0.3, 0.4) is 0 Å². The molecule has 8 heteroatoms. The van der Waals surface area contributed by atoms with E-state index in [0.29, 0.717) is 22.4 Å². The zero-order valence-corrected chi connectivity index (χ0v) is 16.6. The van der Waals surface area contributed by atoms with Crippen molar-refractivity contribution >= 4 is 17.5 Å². The van der Waals surface area contributed by atoms with Gasteiger partial charge in [0.2, 0.25) is 5.91 Å². The fourth-order valence-corrected chi connectivity index (χ4v) is 3.26. The van der Waals surface area contributed by atoms with Crippen LogP contribution in [0.5, 0.6) is 5.75 Å². The average molecular weight is 416 g/mol. The summed E-state index contributed by atoms with van der Waals surface area (Å²) in [6.07, 6.45) is 1.52. The molecule has 30 heavy (non-hydrogen) atoms. The Kier molecular flexibility index (Phi) is 6.47. The van der Waals surface area contributed by atoms with Gasteiger partial charge in [0.1, 0.15) is 12.4 Å². The molecule has 2 N–H and O–H groups in total. The average Bonchev–Trinajstić information content (AvgIpc) is 2.71. The van der Waals surface area contributed by atoms with Gasteiger partial charge in [-0.3, -0.25) is 9.59 Å². The number of carbonyl (C=O) groups excluding carboxylic acids is 2. The molecule has 2 aromatic carbocycles. The predicted octanol–water partition coefficient (Wildman–Crippen LogP) is 3.11. The molecule has 2 aromatic rings. The Labute approximate surface area is 172 Å². The summed E-state index contributed by atoms with van der Waals surface area (Å²) < 4.78 is 32.5. The first kappa shape index (κ1) is 21.4. The summed E-state index contributed by atoms with van der Waals surface area (Å²) in [5.41, 5.74) is 1.79. The van der Waals surface area contributed by atoms with Crippen LogP contribution in [0.1, 0.15) is 23.5 Å². The van der Waals surface area contributed by atoms with E-state index in [1.165, 1.54) is 35.4 Å². The first-order chi connectivity index (χ1) is 14.3. The van der Waals surface area contributed by atoms with Crippen molar-refractivity contribution in [1.82, 2.24) is 4.90 Å². The van der Waals surface area contributed by atoms with Crippen LogP contribution in [0.2, 0.25) is 0 Å². The Morgan fingerprint density at radius 1 is 1.27 bits per heavy atom. The van der Waals surface area contributed by atoms with Crippen LogP contribution in [0, 0.1) is 18.6 Å². The lowest BCUT2D eigenvalue weighted by Gasteiger charge is -2.28. The zero-order chi connectivity index (χ0) is 21.8. The van der Waals surface area contributed by atoms with Crippen molar-refractivity contribution in [2.24, 2.45) is 0 Å². The molecule has 0 aliphatic carbocycles. The third-order valence-corrected chi connectivity index (χ3v) is 4.89. The summed E-state index contributed by atoms with van der Waals surface area (Å²) in [5.74, 6) is -2.29. The highest BCUT2D eigenvalue weighted by Crippen LogP contribution is 2.34. The summed E-state index contributed by atoms with van der Waals surface area (Å²) in [4.78, 5) is 26.6. The van der Waals surface area contributed by atoms with Crippen molar-refractivity contribution in [3.05, 3.63) is 70.9 Å². The zero-order valence-electron chi connectivity index (χ0n) is 16.6. The molecule has 0 fully saturated rings. The highest BCUT2D eigenvalue weighted by Gasteiger charge is 2.31. The van der Waals surface area contributed by atoms with Crippen LogP contribution in [-0.4, -0.2) is 42.1 Å². The van der Waals surface area contributed by atoms with Gasteiger partial charge < -0.3 is 20.1 Å². The molecule has 1 heterocycles. The molecule has 0 saturated heterocycles. The molecule has 1 aliphatic rings. The number of anilines is 1. The molecule has 3 rings (SSSR count). The molecule has 1 aliphatic heterocycles. The van der Waals surface area contributed by atoms with Crippen LogP contribution in [-0.2, 0) is 9.59 Å². The van der Waals surface area contributed by atoms with E-state index in [0.717, 1.165) is 0 Å². The lowest BCUT2D eigenvalue weighted by Crippen LogP contribution is -2.33. The number of amides is 2. The minimum absolute atomic E-state index is 0.0641. The number of nitrogens with one attached hydrogen (secondary N) is 1. The van der Waals surface area contributed by atoms with Gasteiger partial charge in [0.05, 0.1) is 6.61 Å². The van der Waals surface area contributed by atoms with Gasteiger partial charge in [0.15, 0.2) is 11.6 Å². The molecule has 0 radical (unpaired) electrons. The van der Waals surface area contributed by atoms with Gasteiger partial charge in [-0.05, 0) is 36.2 Å². The topological polar surface area (TPSA) is 78.9 Å². The summed E-state index contributed by atoms with van der Waals surface area (Å²) >= 11 is 0. The Morgan fingerprint density at radius 3 is 2.63 bits per heavy atom. The molecular weight excluding hydrogens is 394 g/mol. The van der Waals surface area contributed by atoms with Crippen molar-refractivity contribution < 1.29 is 28.2 Å². The van der Waals surface area contributed by atoms with Crippen molar-refractivity contribution in [2.45, 2.75) is 19.3 Å². The molecule has 0 bridgehead atoms. The smallest absolute Gasteiger partial charge is 0.253 e. The normalized spacial score (nSPS) is 16.3. The minimum Gasteiger partial charge on any atom is -0.488 e. The molecule has 1 atom stereocenters. The second-order valence-electron chi connectivity index (χ2n) is 7.02. The molecular formula is C22H22F2N2O4. The van der Waals surface area contributed by atoms with Crippen molar-refractivity contribution in [3.8, 4) is 5.75 Å². The van der Waals surface area contributed by atoms with Crippen molar-refractivity contribution in [3.63, 3.8) is 0 Å². The lowest BCUT2D eigenvalue weighted by molar-refractivity contribution is -0.128. The molecule has 6 nitrogen and oxygen atoms in total. The SMILES string of the molecule is Cc1cc(F)c(OCCO)cc1NC(=O)C1=CN(C)C(=O)C[C@H]1c1ccc(F)cc1. The first-order valence-corrected chi connectivity index (χ1v) is 9.38. The second kappa shape index (κ2) is 9.04. The van der Waals surface area contributed by atoms with Gasteiger partial charge in [-0.1, -0.05) is 12.1 Å². The first-order valence-electron chi connectivity index (χ1n) is 9.38. The van der Waals surface area contributed by atoms with Crippen LogP contribution in [0.4, 0.5) is 14.5 Å². The molecule has 158 valence electrons. The molecule has 0 unspecified atom stereocenters. The van der Waals surface area contributed by atoms with E-state index in [-0.39, 0.29) is 31.3 Å². The Hall–Kier alpha value is -3.26. The highest BCUT2D eigenvalue weighted by molar-refractivity contribution is 6.06. The number of nitrogens with zero attached hydrogens (tertiary/aromatic N) is 1. The number of aliphatic hydroxyl groups is 1. The number of ether oxygens (including phenoxy) is 1. The molecule has 0 spiro atoms. The third kappa shape index (κ3) is 4.65. The largest absolute Gasteiger partial charge is 0.488 e. The van der Waals surface area contributed by atoms with Gasteiger partial charge in [-0.2, -0.15) is 0 Å². The maximum absolute atomic E-state index is 14.1. The molecule has 0 saturated carbocycles. The summed E-state index contributed by atoms with van der Waals surface area (Å²) in [7, 11) is 1.56. The van der Waals surface area contributed by atoms with E-state index in [1.54, 1.807) is 26.1 Å². The number of carbonyl (C=O) groups is 2. The maximum atomic E-state index is 14.1. The monoisotopic (exact) mass is 416 g/mol.